The van der Waals surface area contributed by atoms with Gasteiger partial charge >= 0.3 is 12.0 Å². The van der Waals surface area contributed by atoms with Crippen molar-refractivity contribution in [2.24, 2.45) is 5.92 Å². The van der Waals surface area contributed by atoms with Crippen molar-refractivity contribution < 1.29 is 18.7 Å². The minimum absolute atomic E-state index is 0.00760. The highest BCUT2D eigenvalue weighted by Gasteiger charge is 2.44. The smallest absolute Gasteiger partial charge is 0.330 e. The van der Waals surface area contributed by atoms with E-state index in [1.54, 1.807) is 6.07 Å². The molecule has 1 aliphatic carbocycles. The number of nitrogens with zero attached hydrogens (tertiary/aromatic N) is 3. The molecule has 2 amide bonds. The maximum Gasteiger partial charge on any atom is 0.330 e. The van der Waals surface area contributed by atoms with Crippen LogP contribution in [0.15, 0.2) is 18.2 Å². The molecular weight excluding hydrogens is 357 g/mol. The quantitative estimate of drug-likeness (QED) is 0.472. The second-order valence-electron chi connectivity index (χ2n) is 5.77. The first-order valence-electron chi connectivity index (χ1n) is 7.47. The number of hydrogen-bond donors (Lipinski definition) is 0. The van der Waals surface area contributed by atoms with Crippen molar-refractivity contribution in [2.45, 2.75) is 19.1 Å². The van der Waals surface area contributed by atoms with Crippen molar-refractivity contribution >= 4 is 50.3 Å². The zero-order valence-electron chi connectivity index (χ0n) is 12.4. The summed E-state index contributed by atoms with van der Waals surface area (Å²) in [6.07, 6.45) is 0.868. The Morgan fingerprint density at radius 1 is 1.46 bits per heavy atom. The van der Waals surface area contributed by atoms with Crippen LogP contribution < -0.4 is 4.90 Å². The summed E-state index contributed by atoms with van der Waals surface area (Å²) in [4.78, 5) is 31.5. The number of carbonyl (C=O) groups excluding carboxylic acids is 2. The van der Waals surface area contributed by atoms with E-state index in [9.17, 15) is 14.0 Å². The van der Waals surface area contributed by atoms with Gasteiger partial charge in [0.2, 0.25) is 6.23 Å². The van der Waals surface area contributed by atoms with E-state index in [1.807, 2.05) is 0 Å². The number of fused-ring (bicyclic) bond motifs is 1. The summed E-state index contributed by atoms with van der Waals surface area (Å²) < 4.78 is 19.6. The number of amides is 2. The number of esters is 1. The third kappa shape index (κ3) is 2.69. The van der Waals surface area contributed by atoms with Gasteiger partial charge in [0.15, 0.2) is 5.13 Å². The molecule has 4 rings (SSSR count). The van der Waals surface area contributed by atoms with E-state index in [2.05, 4.69) is 4.98 Å². The molecule has 1 saturated carbocycles. The number of hydrogen-bond acceptors (Lipinski definition) is 5. The van der Waals surface area contributed by atoms with Gasteiger partial charge in [0.1, 0.15) is 5.82 Å². The molecule has 1 saturated heterocycles. The average Bonchev–Trinajstić information content (AvgIpc) is 3.26. The average molecular weight is 370 g/mol. The fraction of sp³-hybridized carbons (Fsp3) is 0.400. The largest absolute Gasteiger partial charge is 0.439 e. The standard InChI is InChI=1S/C15H13ClFN3O3S/c16-7-19-6-12(23-13(21)8-1-2-8)20(15(19)22)14-18-10-5-9(17)3-4-11(10)24-14/h3-5,8,12H,1-2,6-7H2. The van der Waals surface area contributed by atoms with Crippen molar-refractivity contribution in [1.82, 2.24) is 9.88 Å². The third-order valence-electron chi connectivity index (χ3n) is 3.99. The first kappa shape index (κ1) is 15.6. The first-order valence-corrected chi connectivity index (χ1v) is 8.82. The number of rotatable bonds is 4. The predicted octanol–water partition coefficient (Wildman–Crippen LogP) is 3.15. The van der Waals surface area contributed by atoms with Crippen molar-refractivity contribution in [3.05, 3.63) is 24.0 Å². The summed E-state index contributed by atoms with van der Waals surface area (Å²) >= 11 is 7.04. The van der Waals surface area contributed by atoms with E-state index in [-0.39, 0.29) is 30.5 Å². The van der Waals surface area contributed by atoms with Crippen molar-refractivity contribution in [2.75, 3.05) is 17.4 Å². The Bertz CT molecular complexity index is 825. The molecule has 0 radical (unpaired) electrons. The molecule has 0 spiro atoms. The van der Waals surface area contributed by atoms with E-state index >= 15 is 0 Å². The minimum atomic E-state index is -0.769. The maximum atomic E-state index is 13.3. The first-order chi connectivity index (χ1) is 11.6. The molecule has 1 unspecified atom stereocenters. The fourth-order valence-corrected chi connectivity index (χ4v) is 3.74. The Balaban J connectivity index is 1.67. The fourth-order valence-electron chi connectivity index (χ4n) is 2.56. The summed E-state index contributed by atoms with van der Waals surface area (Å²) in [7, 11) is 0. The van der Waals surface area contributed by atoms with E-state index < -0.39 is 12.0 Å². The number of aromatic nitrogens is 1. The zero-order valence-corrected chi connectivity index (χ0v) is 14.0. The van der Waals surface area contributed by atoms with Gasteiger partial charge in [0.25, 0.3) is 0 Å². The van der Waals surface area contributed by atoms with Gasteiger partial charge in [-0.15, -0.1) is 11.6 Å². The van der Waals surface area contributed by atoms with E-state index in [1.165, 1.54) is 33.3 Å². The Morgan fingerprint density at radius 3 is 2.96 bits per heavy atom. The van der Waals surface area contributed by atoms with Crippen LogP contribution in [0, 0.1) is 11.7 Å². The molecule has 9 heteroatoms. The SMILES string of the molecule is O=C(OC1CN(CCl)C(=O)N1c1nc2cc(F)ccc2s1)C1CC1. The molecule has 6 nitrogen and oxygen atoms in total. The summed E-state index contributed by atoms with van der Waals surface area (Å²) in [6, 6.07) is 3.87. The van der Waals surface area contributed by atoms with Crippen LogP contribution in [-0.2, 0) is 9.53 Å². The van der Waals surface area contributed by atoms with Crippen LogP contribution in [0.4, 0.5) is 14.3 Å². The molecule has 1 aromatic heterocycles. The lowest BCUT2D eigenvalue weighted by molar-refractivity contribution is -0.149. The molecule has 24 heavy (non-hydrogen) atoms. The number of thiazole rings is 1. The topological polar surface area (TPSA) is 62.7 Å². The van der Waals surface area contributed by atoms with E-state index in [0.29, 0.717) is 10.6 Å². The van der Waals surface area contributed by atoms with Crippen LogP contribution in [0.2, 0.25) is 0 Å². The molecule has 2 fully saturated rings. The van der Waals surface area contributed by atoms with Crippen LogP contribution in [0.1, 0.15) is 12.8 Å². The minimum Gasteiger partial charge on any atom is -0.439 e. The second-order valence-corrected chi connectivity index (χ2v) is 7.02. The maximum absolute atomic E-state index is 13.3. The highest BCUT2D eigenvalue weighted by atomic mass is 35.5. The van der Waals surface area contributed by atoms with E-state index in [0.717, 1.165) is 17.5 Å². The highest BCUT2D eigenvalue weighted by Crippen LogP contribution is 2.36. The molecule has 0 bridgehead atoms. The van der Waals surface area contributed by atoms with E-state index in [4.69, 9.17) is 16.3 Å². The van der Waals surface area contributed by atoms with Gasteiger partial charge in [-0.05, 0) is 25.0 Å². The molecular formula is C15H13ClFN3O3S. The molecule has 2 aliphatic rings. The monoisotopic (exact) mass is 369 g/mol. The van der Waals surface area contributed by atoms with Gasteiger partial charge < -0.3 is 9.64 Å². The summed E-state index contributed by atoms with van der Waals surface area (Å²) in [6.45, 7) is 0.186. The number of anilines is 1. The molecule has 2 heterocycles. The van der Waals surface area contributed by atoms with Crippen molar-refractivity contribution in [3.8, 4) is 0 Å². The molecule has 1 aromatic carbocycles. The summed E-state index contributed by atoms with van der Waals surface area (Å²) in [5.74, 6) is -0.774. The molecule has 0 N–H and O–H groups in total. The van der Waals surface area contributed by atoms with Crippen LogP contribution in [-0.4, -0.2) is 40.7 Å². The van der Waals surface area contributed by atoms with Crippen LogP contribution in [0.3, 0.4) is 0 Å². The normalized spacial score (nSPS) is 20.9. The van der Waals surface area contributed by atoms with Crippen LogP contribution in [0.5, 0.6) is 0 Å². The van der Waals surface area contributed by atoms with Gasteiger partial charge in [-0.25, -0.2) is 19.1 Å². The number of urea groups is 1. The van der Waals surface area contributed by atoms with Crippen LogP contribution >= 0.6 is 22.9 Å². The predicted molar refractivity (Wildman–Crippen MR) is 87.5 cm³/mol. The Kier molecular flexibility index (Phi) is 3.80. The lowest BCUT2D eigenvalue weighted by atomic mass is 10.3. The lowest BCUT2D eigenvalue weighted by Gasteiger charge is -2.20. The summed E-state index contributed by atoms with van der Waals surface area (Å²) in [5, 5.41) is 0.363. The van der Waals surface area contributed by atoms with Crippen LogP contribution in [0.25, 0.3) is 10.2 Å². The number of alkyl halides is 1. The molecule has 1 atom stereocenters. The van der Waals surface area contributed by atoms with Gasteiger partial charge in [0.05, 0.1) is 28.7 Å². The number of ether oxygens (including phenoxy) is 1. The Labute approximate surface area is 145 Å². The number of carbonyl (C=O) groups is 2. The zero-order chi connectivity index (χ0) is 16.8. The third-order valence-corrected chi connectivity index (χ3v) is 5.32. The van der Waals surface area contributed by atoms with Gasteiger partial charge in [0, 0.05) is 6.07 Å². The molecule has 126 valence electrons. The van der Waals surface area contributed by atoms with Crippen molar-refractivity contribution in [3.63, 3.8) is 0 Å². The number of halogens is 2. The Hall–Kier alpha value is -1.93. The molecule has 1 aliphatic heterocycles. The second kappa shape index (κ2) is 5.86. The lowest BCUT2D eigenvalue weighted by Crippen LogP contribution is -2.37. The van der Waals surface area contributed by atoms with Crippen molar-refractivity contribution in [1.29, 1.82) is 0 Å². The van der Waals surface area contributed by atoms with Gasteiger partial charge in [-0.1, -0.05) is 11.3 Å². The number of benzene rings is 1. The Morgan fingerprint density at radius 2 is 2.25 bits per heavy atom. The van der Waals surface area contributed by atoms with Gasteiger partial charge in [-0.2, -0.15) is 0 Å². The van der Waals surface area contributed by atoms with Gasteiger partial charge in [-0.3, -0.25) is 4.79 Å². The summed E-state index contributed by atoms with van der Waals surface area (Å²) in [5.41, 5.74) is 0.458. The highest BCUT2D eigenvalue weighted by molar-refractivity contribution is 7.22. The molecule has 2 aromatic rings.